The maximum Gasteiger partial charge on any atom is 0.236 e. The molecule has 0 spiro atoms. The van der Waals surface area contributed by atoms with Gasteiger partial charge in [-0.25, -0.2) is 0 Å². The van der Waals surface area contributed by atoms with E-state index in [0.29, 0.717) is 6.54 Å². The summed E-state index contributed by atoms with van der Waals surface area (Å²) in [5, 5.41) is 4.02. The number of nitrogens with one attached hydrogen (secondary N) is 1. The van der Waals surface area contributed by atoms with E-state index in [1.807, 2.05) is 54.3 Å². The lowest BCUT2D eigenvalue weighted by molar-refractivity contribution is -0.130. The predicted octanol–water partition coefficient (Wildman–Crippen LogP) is 3.34. The zero-order valence-electron chi connectivity index (χ0n) is 14.5. The Morgan fingerprint density at radius 3 is 2.36 bits per heavy atom. The summed E-state index contributed by atoms with van der Waals surface area (Å²) in [6.07, 6.45) is 0. The average molecular weight is 358 g/mol. The molecule has 25 heavy (non-hydrogen) atoms. The second kappa shape index (κ2) is 8.37. The van der Waals surface area contributed by atoms with Crippen LogP contribution in [0.1, 0.15) is 18.5 Å². The quantitative estimate of drug-likeness (QED) is 0.891. The summed E-state index contributed by atoms with van der Waals surface area (Å²) >= 11 is 6.22. The molecule has 1 aliphatic heterocycles. The third kappa shape index (κ3) is 4.53. The number of hydrogen-bond acceptors (Lipinski definition) is 3. The topological polar surface area (TPSA) is 35.6 Å². The summed E-state index contributed by atoms with van der Waals surface area (Å²) in [7, 11) is 0. The summed E-state index contributed by atoms with van der Waals surface area (Å²) in [6.45, 7) is 5.62. The number of hydrogen-bond donors (Lipinski definition) is 1. The van der Waals surface area contributed by atoms with Crippen molar-refractivity contribution in [2.45, 2.75) is 13.0 Å². The van der Waals surface area contributed by atoms with Gasteiger partial charge in [0.05, 0.1) is 6.54 Å². The van der Waals surface area contributed by atoms with Gasteiger partial charge >= 0.3 is 0 Å². The fourth-order valence-electron chi connectivity index (χ4n) is 3.14. The van der Waals surface area contributed by atoms with E-state index in [9.17, 15) is 4.79 Å². The molecule has 0 radical (unpaired) electrons. The first-order valence-electron chi connectivity index (χ1n) is 8.71. The summed E-state index contributed by atoms with van der Waals surface area (Å²) in [6, 6.07) is 18.1. The maximum atomic E-state index is 12.5. The van der Waals surface area contributed by atoms with E-state index in [0.717, 1.165) is 36.8 Å². The van der Waals surface area contributed by atoms with Crippen molar-refractivity contribution in [2.75, 3.05) is 37.6 Å². The van der Waals surface area contributed by atoms with Crippen LogP contribution in [0.3, 0.4) is 0 Å². The van der Waals surface area contributed by atoms with E-state index in [-0.39, 0.29) is 11.9 Å². The van der Waals surface area contributed by atoms with Crippen molar-refractivity contribution in [3.63, 3.8) is 0 Å². The van der Waals surface area contributed by atoms with Crippen LogP contribution in [0, 0.1) is 0 Å². The third-order valence-corrected chi connectivity index (χ3v) is 5.03. The predicted molar refractivity (Wildman–Crippen MR) is 103 cm³/mol. The number of nitrogens with zero attached hydrogens (tertiary/aromatic N) is 2. The van der Waals surface area contributed by atoms with Crippen molar-refractivity contribution < 1.29 is 4.79 Å². The number of piperazine rings is 1. The lowest BCUT2D eigenvalue weighted by Gasteiger charge is -2.36. The van der Waals surface area contributed by atoms with Gasteiger partial charge in [0.1, 0.15) is 0 Å². The van der Waals surface area contributed by atoms with Crippen LogP contribution in [-0.4, -0.2) is 43.5 Å². The Labute approximate surface area is 154 Å². The SMILES string of the molecule is C[C@H](NCC(=O)N1CCN(c2ccccc2)CC1)c1ccccc1Cl. The molecule has 1 aliphatic rings. The van der Waals surface area contributed by atoms with Gasteiger partial charge in [-0.3, -0.25) is 4.79 Å². The highest BCUT2D eigenvalue weighted by molar-refractivity contribution is 6.31. The molecule has 0 aliphatic carbocycles. The lowest BCUT2D eigenvalue weighted by Crippen LogP contribution is -2.51. The first kappa shape index (κ1) is 17.8. The van der Waals surface area contributed by atoms with Gasteiger partial charge in [0, 0.05) is 42.9 Å². The van der Waals surface area contributed by atoms with Gasteiger partial charge < -0.3 is 15.1 Å². The lowest BCUT2D eigenvalue weighted by atomic mass is 10.1. The van der Waals surface area contributed by atoms with Crippen LogP contribution in [0.15, 0.2) is 54.6 Å². The zero-order chi connectivity index (χ0) is 17.6. The van der Waals surface area contributed by atoms with Crippen molar-refractivity contribution in [1.29, 1.82) is 0 Å². The van der Waals surface area contributed by atoms with E-state index >= 15 is 0 Å². The molecule has 1 saturated heterocycles. The molecule has 5 heteroatoms. The normalized spacial score (nSPS) is 15.9. The van der Waals surface area contributed by atoms with Gasteiger partial charge in [0.2, 0.25) is 5.91 Å². The van der Waals surface area contributed by atoms with Crippen LogP contribution in [0.5, 0.6) is 0 Å². The third-order valence-electron chi connectivity index (χ3n) is 4.68. The molecule has 0 aromatic heterocycles. The first-order valence-corrected chi connectivity index (χ1v) is 9.08. The Bertz CT molecular complexity index is 699. The minimum absolute atomic E-state index is 0.0447. The van der Waals surface area contributed by atoms with E-state index in [1.54, 1.807) is 0 Å². The first-order chi connectivity index (χ1) is 12.1. The highest BCUT2D eigenvalue weighted by Gasteiger charge is 2.21. The van der Waals surface area contributed by atoms with Crippen molar-refractivity contribution >= 4 is 23.2 Å². The second-order valence-electron chi connectivity index (χ2n) is 6.33. The Morgan fingerprint density at radius 1 is 1.04 bits per heavy atom. The molecule has 132 valence electrons. The fraction of sp³-hybridized carbons (Fsp3) is 0.350. The molecule has 4 nitrogen and oxygen atoms in total. The van der Waals surface area contributed by atoms with Gasteiger partial charge in [-0.2, -0.15) is 0 Å². The molecular weight excluding hydrogens is 334 g/mol. The molecule has 1 atom stereocenters. The van der Waals surface area contributed by atoms with Gasteiger partial charge in [-0.15, -0.1) is 0 Å². The maximum absolute atomic E-state index is 12.5. The van der Waals surface area contributed by atoms with Gasteiger partial charge in [-0.05, 0) is 30.7 Å². The van der Waals surface area contributed by atoms with Crippen molar-refractivity contribution in [3.8, 4) is 0 Å². The Kier molecular flexibility index (Phi) is 5.95. The number of halogens is 1. The molecule has 1 heterocycles. The number of para-hydroxylation sites is 1. The van der Waals surface area contributed by atoms with Gasteiger partial charge in [0.15, 0.2) is 0 Å². The molecule has 1 amide bonds. The standard InChI is InChI=1S/C20H24ClN3O/c1-16(18-9-5-6-10-19(18)21)22-15-20(25)24-13-11-23(12-14-24)17-7-3-2-4-8-17/h2-10,16,22H,11-15H2,1H3/t16-/m0/s1. The fourth-order valence-corrected chi connectivity index (χ4v) is 3.44. The molecule has 0 bridgehead atoms. The monoisotopic (exact) mass is 357 g/mol. The van der Waals surface area contributed by atoms with Crippen LogP contribution < -0.4 is 10.2 Å². The summed E-state index contributed by atoms with van der Waals surface area (Å²) in [4.78, 5) is 16.7. The van der Waals surface area contributed by atoms with Gasteiger partial charge in [-0.1, -0.05) is 48.0 Å². The van der Waals surface area contributed by atoms with E-state index in [4.69, 9.17) is 11.6 Å². The number of benzene rings is 2. The zero-order valence-corrected chi connectivity index (χ0v) is 15.2. The van der Waals surface area contributed by atoms with E-state index in [1.165, 1.54) is 5.69 Å². The van der Waals surface area contributed by atoms with Crippen molar-refractivity contribution in [1.82, 2.24) is 10.2 Å². The van der Waals surface area contributed by atoms with E-state index < -0.39 is 0 Å². The molecule has 1 fully saturated rings. The molecular formula is C20H24ClN3O. The molecule has 0 unspecified atom stereocenters. The molecule has 2 aromatic carbocycles. The molecule has 3 rings (SSSR count). The van der Waals surface area contributed by atoms with Crippen molar-refractivity contribution in [2.24, 2.45) is 0 Å². The summed E-state index contributed by atoms with van der Waals surface area (Å²) in [5.41, 5.74) is 2.24. The minimum atomic E-state index is 0.0447. The average Bonchev–Trinajstić information content (AvgIpc) is 2.67. The molecule has 2 aromatic rings. The number of rotatable bonds is 5. The Balaban J connectivity index is 1.47. The van der Waals surface area contributed by atoms with Crippen LogP contribution in [0.25, 0.3) is 0 Å². The Morgan fingerprint density at radius 2 is 1.68 bits per heavy atom. The highest BCUT2D eigenvalue weighted by atomic mass is 35.5. The van der Waals surface area contributed by atoms with Crippen LogP contribution in [0.2, 0.25) is 5.02 Å². The van der Waals surface area contributed by atoms with Crippen molar-refractivity contribution in [3.05, 3.63) is 65.2 Å². The van der Waals surface area contributed by atoms with Crippen LogP contribution in [0.4, 0.5) is 5.69 Å². The largest absolute Gasteiger partial charge is 0.368 e. The summed E-state index contributed by atoms with van der Waals surface area (Å²) in [5.74, 6) is 0.145. The second-order valence-corrected chi connectivity index (χ2v) is 6.73. The van der Waals surface area contributed by atoms with E-state index in [2.05, 4.69) is 22.3 Å². The molecule has 0 saturated carbocycles. The number of carbonyl (C=O) groups is 1. The summed E-state index contributed by atoms with van der Waals surface area (Å²) < 4.78 is 0. The van der Waals surface area contributed by atoms with Crippen LogP contribution in [-0.2, 0) is 4.79 Å². The van der Waals surface area contributed by atoms with Crippen LogP contribution >= 0.6 is 11.6 Å². The minimum Gasteiger partial charge on any atom is -0.368 e. The smallest absolute Gasteiger partial charge is 0.236 e. The highest BCUT2D eigenvalue weighted by Crippen LogP contribution is 2.22. The molecule has 1 N–H and O–H groups in total. The number of amides is 1. The van der Waals surface area contributed by atoms with Gasteiger partial charge in [0.25, 0.3) is 0 Å². The Hall–Kier alpha value is -2.04. The number of carbonyl (C=O) groups excluding carboxylic acids is 1. The number of anilines is 1.